The van der Waals surface area contributed by atoms with Crippen molar-refractivity contribution in [3.8, 4) is 0 Å². The first-order valence-electron chi connectivity index (χ1n) is 6.86. The van der Waals surface area contributed by atoms with Gasteiger partial charge in [0.1, 0.15) is 0 Å². The number of amidine groups is 1. The Morgan fingerprint density at radius 1 is 1.24 bits per heavy atom. The topological polar surface area (TPSA) is 64.4 Å². The summed E-state index contributed by atoms with van der Waals surface area (Å²) in [5.74, 6) is 0.644. The van der Waals surface area contributed by atoms with Gasteiger partial charge >= 0.3 is 0 Å². The fourth-order valence-electron chi connectivity index (χ4n) is 2.14. The van der Waals surface area contributed by atoms with E-state index >= 15 is 0 Å². The summed E-state index contributed by atoms with van der Waals surface area (Å²) in [5, 5.41) is 0.771. The standard InChI is InChI=1S/C15H24ClN3.2ClH/c1-12(18)19-15(8-3-2-4-9-17)11-13-6-5-7-14(16)10-13;;/h5-7,10,15H,2-4,8-9,11,17H2,1H3,(H2,18,19);2*1H. The van der Waals surface area contributed by atoms with Crippen LogP contribution in [0.2, 0.25) is 5.02 Å². The second-order valence-corrected chi connectivity index (χ2v) is 5.33. The van der Waals surface area contributed by atoms with Crippen molar-refractivity contribution in [2.24, 2.45) is 16.5 Å². The first-order chi connectivity index (χ1) is 9.11. The van der Waals surface area contributed by atoms with E-state index in [1.807, 2.05) is 25.1 Å². The Bertz CT molecular complexity index is 407. The summed E-state index contributed by atoms with van der Waals surface area (Å²) in [6.45, 7) is 2.60. The van der Waals surface area contributed by atoms with Crippen molar-refractivity contribution in [2.75, 3.05) is 6.54 Å². The van der Waals surface area contributed by atoms with Crippen LogP contribution in [-0.2, 0) is 6.42 Å². The average Bonchev–Trinajstić information content (AvgIpc) is 2.34. The molecule has 21 heavy (non-hydrogen) atoms. The molecule has 0 saturated carbocycles. The van der Waals surface area contributed by atoms with Crippen molar-refractivity contribution in [3.05, 3.63) is 34.9 Å². The molecule has 0 saturated heterocycles. The fraction of sp³-hybridized carbons (Fsp3) is 0.533. The molecular formula is C15H26Cl3N3. The normalized spacial score (nSPS) is 12.2. The van der Waals surface area contributed by atoms with E-state index in [-0.39, 0.29) is 30.9 Å². The number of nitrogens with zero attached hydrogens (tertiary/aromatic N) is 1. The maximum Gasteiger partial charge on any atom is 0.0909 e. The van der Waals surface area contributed by atoms with E-state index in [4.69, 9.17) is 23.1 Å². The summed E-state index contributed by atoms with van der Waals surface area (Å²) in [7, 11) is 0. The number of unbranched alkanes of at least 4 members (excludes halogenated alkanes) is 2. The predicted molar refractivity (Wildman–Crippen MR) is 98.3 cm³/mol. The van der Waals surface area contributed by atoms with Gasteiger partial charge < -0.3 is 11.5 Å². The molecule has 1 aromatic rings. The van der Waals surface area contributed by atoms with E-state index in [0.717, 1.165) is 43.7 Å². The van der Waals surface area contributed by atoms with Gasteiger partial charge in [0, 0.05) is 5.02 Å². The lowest BCUT2D eigenvalue weighted by Crippen LogP contribution is -2.16. The van der Waals surface area contributed by atoms with Crippen molar-refractivity contribution >= 4 is 42.3 Å². The van der Waals surface area contributed by atoms with E-state index in [1.54, 1.807) is 0 Å². The molecule has 1 rings (SSSR count). The molecule has 4 N–H and O–H groups in total. The third-order valence-electron chi connectivity index (χ3n) is 2.99. The second-order valence-electron chi connectivity index (χ2n) is 4.90. The highest BCUT2D eigenvalue weighted by molar-refractivity contribution is 6.30. The Balaban J connectivity index is 0. The van der Waals surface area contributed by atoms with Crippen LogP contribution in [0, 0.1) is 0 Å². The molecule has 1 atom stereocenters. The minimum atomic E-state index is 0. The number of rotatable bonds is 8. The Morgan fingerprint density at radius 2 is 1.95 bits per heavy atom. The molecule has 0 fully saturated rings. The van der Waals surface area contributed by atoms with E-state index < -0.39 is 0 Å². The smallest absolute Gasteiger partial charge is 0.0909 e. The van der Waals surface area contributed by atoms with Gasteiger partial charge in [-0.15, -0.1) is 24.8 Å². The third-order valence-corrected chi connectivity index (χ3v) is 3.22. The summed E-state index contributed by atoms with van der Waals surface area (Å²) >= 11 is 6.01. The van der Waals surface area contributed by atoms with Crippen molar-refractivity contribution in [2.45, 2.75) is 45.1 Å². The van der Waals surface area contributed by atoms with Gasteiger partial charge in [-0.2, -0.15) is 0 Å². The van der Waals surface area contributed by atoms with Crippen molar-refractivity contribution < 1.29 is 0 Å². The molecule has 122 valence electrons. The van der Waals surface area contributed by atoms with Crippen LogP contribution >= 0.6 is 36.4 Å². The van der Waals surface area contributed by atoms with Gasteiger partial charge in [-0.05, 0) is 50.4 Å². The summed E-state index contributed by atoms with van der Waals surface area (Å²) < 4.78 is 0. The molecule has 0 bridgehead atoms. The van der Waals surface area contributed by atoms with Crippen LogP contribution < -0.4 is 11.5 Å². The molecule has 3 nitrogen and oxygen atoms in total. The second kappa shape index (κ2) is 13.2. The van der Waals surface area contributed by atoms with E-state index in [9.17, 15) is 0 Å². The van der Waals surface area contributed by atoms with Gasteiger partial charge in [-0.3, -0.25) is 4.99 Å². The molecule has 6 heteroatoms. The van der Waals surface area contributed by atoms with E-state index in [1.165, 1.54) is 5.56 Å². The van der Waals surface area contributed by atoms with E-state index in [2.05, 4.69) is 11.1 Å². The molecule has 0 amide bonds. The summed E-state index contributed by atoms with van der Waals surface area (Å²) in [4.78, 5) is 4.52. The van der Waals surface area contributed by atoms with Crippen LogP contribution in [0.15, 0.2) is 29.3 Å². The molecule has 0 aliphatic heterocycles. The van der Waals surface area contributed by atoms with Crippen LogP contribution in [-0.4, -0.2) is 18.4 Å². The molecule has 1 unspecified atom stereocenters. The SMILES string of the molecule is CC(N)=NC(CCCCCN)Cc1cccc(Cl)c1.Cl.Cl. The van der Waals surface area contributed by atoms with Gasteiger partial charge in [-0.25, -0.2) is 0 Å². The summed E-state index contributed by atoms with van der Waals surface area (Å²) in [6.07, 6.45) is 5.30. The molecule has 0 radical (unpaired) electrons. The number of hydrogen-bond acceptors (Lipinski definition) is 2. The third kappa shape index (κ3) is 10.8. The maximum absolute atomic E-state index is 6.01. The lowest BCUT2D eigenvalue weighted by molar-refractivity contribution is 0.552. The monoisotopic (exact) mass is 353 g/mol. The number of nitrogens with two attached hydrogens (primary N) is 2. The van der Waals surface area contributed by atoms with Gasteiger partial charge in [-0.1, -0.05) is 36.6 Å². The first kappa shape index (κ1) is 22.8. The van der Waals surface area contributed by atoms with Gasteiger partial charge in [0.05, 0.1) is 11.9 Å². The first-order valence-corrected chi connectivity index (χ1v) is 7.24. The van der Waals surface area contributed by atoms with Crippen LogP contribution in [0.5, 0.6) is 0 Å². The zero-order valence-electron chi connectivity index (χ0n) is 12.4. The zero-order chi connectivity index (χ0) is 14.1. The molecule has 0 aliphatic carbocycles. The predicted octanol–water partition coefficient (Wildman–Crippen LogP) is 3.99. The minimum absolute atomic E-state index is 0. The van der Waals surface area contributed by atoms with Crippen molar-refractivity contribution in [1.82, 2.24) is 0 Å². The van der Waals surface area contributed by atoms with Gasteiger partial charge in [0.2, 0.25) is 0 Å². The molecule has 1 aromatic carbocycles. The highest BCUT2D eigenvalue weighted by Gasteiger charge is 2.08. The highest BCUT2D eigenvalue weighted by atomic mass is 35.5. The van der Waals surface area contributed by atoms with Gasteiger partial charge in [0.15, 0.2) is 0 Å². The number of hydrogen-bond donors (Lipinski definition) is 2. The quantitative estimate of drug-likeness (QED) is 0.421. The number of halogens is 3. The molecule has 0 aromatic heterocycles. The highest BCUT2D eigenvalue weighted by Crippen LogP contribution is 2.16. The van der Waals surface area contributed by atoms with Crippen LogP contribution in [0.4, 0.5) is 0 Å². The molecular weight excluding hydrogens is 329 g/mol. The number of aliphatic imine (C=N–C) groups is 1. The minimum Gasteiger partial charge on any atom is -0.388 e. The molecule has 0 spiro atoms. The summed E-state index contributed by atoms with van der Waals surface area (Å²) in [6, 6.07) is 8.18. The Labute approximate surface area is 145 Å². The van der Waals surface area contributed by atoms with Gasteiger partial charge in [0.25, 0.3) is 0 Å². The lowest BCUT2D eigenvalue weighted by Gasteiger charge is -2.13. The van der Waals surface area contributed by atoms with Crippen LogP contribution in [0.3, 0.4) is 0 Å². The van der Waals surface area contributed by atoms with Crippen LogP contribution in [0.25, 0.3) is 0 Å². The van der Waals surface area contributed by atoms with Crippen molar-refractivity contribution in [1.29, 1.82) is 0 Å². The largest absolute Gasteiger partial charge is 0.388 e. The Hall–Kier alpha value is -0.480. The van der Waals surface area contributed by atoms with Crippen LogP contribution in [0.1, 0.15) is 38.2 Å². The summed E-state index contributed by atoms with van der Waals surface area (Å²) in [5.41, 5.74) is 12.4. The number of benzene rings is 1. The lowest BCUT2D eigenvalue weighted by atomic mass is 10.0. The van der Waals surface area contributed by atoms with E-state index in [0.29, 0.717) is 5.84 Å². The molecule has 0 aliphatic rings. The average molecular weight is 355 g/mol. The zero-order valence-corrected chi connectivity index (χ0v) is 14.8. The fourth-order valence-corrected chi connectivity index (χ4v) is 2.35. The Kier molecular flexibility index (Phi) is 14.3. The molecule has 0 heterocycles. The Morgan fingerprint density at radius 3 is 2.52 bits per heavy atom. The maximum atomic E-state index is 6.01. The van der Waals surface area contributed by atoms with Crippen molar-refractivity contribution in [3.63, 3.8) is 0 Å².